The van der Waals surface area contributed by atoms with Crippen LogP contribution in [0.4, 0.5) is 0 Å². The molecule has 9 heteroatoms. The second-order valence-electron chi connectivity index (χ2n) is 6.80. The molecule has 0 aliphatic heterocycles. The van der Waals surface area contributed by atoms with Crippen molar-refractivity contribution in [1.82, 2.24) is 0 Å². The van der Waals surface area contributed by atoms with Crippen molar-refractivity contribution in [2.45, 2.75) is 96.1 Å². The van der Waals surface area contributed by atoms with Gasteiger partial charge in [-0.15, -0.1) is 0 Å². The molecule has 0 heterocycles. The number of nitrogens with zero attached hydrogens (tertiary/aromatic N) is 3. The predicted octanol–water partition coefficient (Wildman–Crippen LogP) is 5.39. The minimum atomic E-state index is -4.66. The Kier molecular flexibility index (Phi) is 16.7. The number of hydrogen-bond acceptors (Lipinski definition) is 4. The molecule has 27 heavy (non-hydrogen) atoms. The van der Waals surface area contributed by atoms with Crippen LogP contribution < -0.4 is 0 Å². The van der Waals surface area contributed by atoms with Crippen LogP contribution in [-0.4, -0.2) is 33.6 Å². The Hall–Kier alpha value is -0.880. The van der Waals surface area contributed by atoms with E-state index < -0.39 is 26.6 Å². The third kappa shape index (κ3) is 18.3. The van der Waals surface area contributed by atoms with E-state index in [1.807, 2.05) is 0 Å². The van der Waals surface area contributed by atoms with E-state index >= 15 is 0 Å². The summed E-state index contributed by atoms with van der Waals surface area (Å²) in [6, 6.07) is -1.07. The van der Waals surface area contributed by atoms with Crippen LogP contribution in [0.3, 0.4) is 0 Å². The summed E-state index contributed by atoms with van der Waals surface area (Å²) in [4.78, 5) is 19.9. The third-order valence-electron chi connectivity index (χ3n) is 4.32. The summed E-state index contributed by atoms with van der Waals surface area (Å²) in [7, 11) is -4.66. The fourth-order valence-corrected chi connectivity index (χ4v) is 3.08. The number of aliphatic hydroxyl groups excluding tert-OH is 1. The maximum Gasteiger partial charge on any atom is 0.469 e. The van der Waals surface area contributed by atoms with Gasteiger partial charge in [0.1, 0.15) is 0 Å². The highest BCUT2D eigenvalue weighted by molar-refractivity contribution is 7.46. The fourth-order valence-electron chi connectivity index (χ4n) is 2.73. The molecule has 0 saturated heterocycles. The largest absolute Gasteiger partial charge is 0.469 e. The highest BCUT2D eigenvalue weighted by Crippen LogP contribution is 2.36. The van der Waals surface area contributed by atoms with Crippen LogP contribution in [0.1, 0.15) is 84.0 Å². The summed E-state index contributed by atoms with van der Waals surface area (Å²) in [6.07, 6.45) is 16.9. The van der Waals surface area contributed by atoms with E-state index in [1.165, 1.54) is 63.9 Å². The molecule has 0 bridgehead atoms. The molecule has 0 aromatic rings. The summed E-state index contributed by atoms with van der Waals surface area (Å²) in [5, 5.41) is 13.2. The Morgan fingerprint density at radius 1 is 1.04 bits per heavy atom. The maximum absolute atomic E-state index is 10.7. The Labute approximate surface area is 162 Å². The molecule has 2 atom stereocenters. The molecular weight excluding hydrogens is 369 g/mol. The topological polar surface area (TPSA) is 136 Å². The number of aliphatic hydroxyl groups is 1. The summed E-state index contributed by atoms with van der Waals surface area (Å²) < 4.78 is 15.0. The predicted molar refractivity (Wildman–Crippen MR) is 107 cm³/mol. The smallest absolute Gasteiger partial charge is 0.389 e. The van der Waals surface area contributed by atoms with Crippen molar-refractivity contribution in [2.24, 2.45) is 5.11 Å². The van der Waals surface area contributed by atoms with Crippen LogP contribution in [0.15, 0.2) is 17.3 Å². The summed E-state index contributed by atoms with van der Waals surface area (Å²) in [5.74, 6) is 0. The van der Waals surface area contributed by atoms with Gasteiger partial charge in [0.15, 0.2) is 0 Å². The van der Waals surface area contributed by atoms with Crippen LogP contribution in [-0.2, 0) is 9.09 Å². The molecule has 0 radical (unpaired) electrons. The van der Waals surface area contributed by atoms with E-state index in [0.717, 1.165) is 19.3 Å². The summed E-state index contributed by atoms with van der Waals surface area (Å²) in [5.41, 5.74) is 8.47. The number of hydrogen-bond donors (Lipinski definition) is 3. The van der Waals surface area contributed by atoms with Crippen LogP contribution in [0.25, 0.3) is 10.4 Å². The minimum absolute atomic E-state index is 0.543. The molecule has 8 nitrogen and oxygen atoms in total. The molecule has 0 fully saturated rings. The molecule has 0 amide bonds. The van der Waals surface area contributed by atoms with E-state index in [9.17, 15) is 9.67 Å². The van der Waals surface area contributed by atoms with Crippen LogP contribution in [0, 0.1) is 0 Å². The second kappa shape index (κ2) is 17.2. The molecule has 3 N–H and O–H groups in total. The number of phosphoric acid groups is 1. The van der Waals surface area contributed by atoms with Gasteiger partial charge in [0.05, 0.1) is 18.8 Å². The average molecular weight is 405 g/mol. The molecule has 0 aromatic heterocycles. The first-order valence-corrected chi connectivity index (χ1v) is 11.5. The SMILES string of the molecule is CCCCCCCCCCCCC/C=C/[C@H](O)C(COP(=O)(O)O)N=[N+]=[N-]. The van der Waals surface area contributed by atoms with Gasteiger partial charge in [0.2, 0.25) is 0 Å². The lowest BCUT2D eigenvalue weighted by atomic mass is 10.0. The molecule has 0 aromatic carbocycles. The van der Waals surface area contributed by atoms with Gasteiger partial charge in [0, 0.05) is 4.91 Å². The van der Waals surface area contributed by atoms with Crippen molar-refractivity contribution >= 4 is 7.82 Å². The van der Waals surface area contributed by atoms with Gasteiger partial charge in [-0.2, -0.15) is 0 Å². The zero-order chi connectivity index (χ0) is 20.4. The molecule has 0 aliphatic carbocycles. The average Bonchev–Trinajstić information content (AvgIpc) is 2.61. The van der Waals surface area contributed by atoms with Gasteiger partial charge in [-0.1, -0.05) is 88.4 Å². The first-order valence-electron chi connectivity index (χ1n) is 9.99. The van der Waals surface area contributed by atoms with E-state index in [1.54, 1.807) is 6.08 Å². The van der Waals surface area contributed by atoms with Gasteiger partial charge in [-0.25, -0.2) is 4.57 Å². The Bertz CT molecular complexity index is 478. The Balaban J connectivity index is 3.75. The number of unbranched alkanes of at least 4 members (excludes halogenated alkanes) is 11. The van der Waals surface area contributed by atoms with Crippen molar-refractivity contribution in [1.29, 1.82) is 0 Å². The third-order valence-corrected chi connectivity index (χ3v) is 4.80. The van der Waals surface area contributed by atoms with Crippen molar-refractivity contribution in [3.05, 3.63) is 22.6 Å². The van der Waals surface area contributed by atoms with E-state index in [2.05, 4.69) is 21.5 Å². The monoisotopic (exact) mass is 405 g/mol. The molecule has 0 aliphatic rings. The quantitative estimate of drug-likeness (QED) is 0.0701. The van der Waals surface area contributed by atoms with Crippen molar-refractivity contribution in [3.8, 4) is 0 Å². The van der Waals surface area contributed by atoms with Crippen molar-refractivity contribution in [2.75, 3.05) is 6.61 Å². The first kappa shape index (κ1) is 26.1. The van der Waals surface area contributed by atoms with Gasteiger partial charge < -0.3 is 14.9 Å². The second-order valence-corrected chi connectivity index (χ2v) is 8.04. The lowest BCUT2D eigenvalue weighted by molar-refractivity contribution is 0.129. The van der Waals surface area contributed by atoms with E-state index in [-0.39, 0.29) is 0 Å². The normalized spacial score (nSPS) is 14.2. The van der Waals surface area contributed by atoms with Gasteiger partial charge in [-0.05, 0) is 18.4 Å². The molecule has 0 saturated carbocycles. The minimum Gasteiger partial charge on any atom is -0.389 e. The Morgan fingerprint density at radius 2 is 1.56 bits per heavy atom. The summed E-state index contributed by atoms with van der Waals surface area (Å²) >= 11 is 0. The molecule has 0 rings (SSSR count). The zero-order valence-corrected chi connectivity index (χ0v) is 17.3. The number of rotatable bonds is 18. The highest BCUT2D eigenvalue weighted by Gasteiger charge is 2.21. The molecule has 1 unspecified atom stereocenters. The van der Waals surface area contributed by atoms with Crippen LogP contribution >= 0.6 is 7.82 Å². The maximum atomic E-state index is 10.7. The Morgan fingerprint density at radius 3 is 2.04 bits per heavy atom. The van der Waals surface area contributed by atoms with Gasteiger partial charge in [0.25, 0.3) is 0 Å². The number of azide groups is 1. The molecule has 158 valence electrons. The first-order chi connectivity index (χ1) is 12.9. The van der Waals surface area contributed by atoms with Crippen molar-refractivity contribution in [3.63, 3.8) is 0 Å². The number of allylic oxidation sites excluding steroid dienone is 1. The lowest BCUT2D eigenvalue weighted by Crippen LogP contribution is -2.26. The van der Waals surface area contributed by atoms with E-state index in [4.69, 9.17) is 15.3 Å². The lowest BCUT2D eigenvalue weighted by Gasteiger charge is -2.15. The van der Waals surface area contributed by atoms with Gasteiger partial charge in [-0.3, -0.25) is 4.52 Å². The molecule has 0 spiro atoms. The zero-order valence-electron chi connectivity index (χ0n) is 16.4. The highest BCUT2D eigenvalue weighted by atomic mass is 31.2. The van der Waals surface area contributed by atoms with Crippen LogP contribution in [0.2, 0.25) is 0 Å². The van der Waals surface area contributed by atoms with Gasteiger partial charge >= 0.3 is 7.82 Å². The number of phosphoric ester groups is 1. The molecular formula is C18H36N3O5P. The standard InChI is InChI=1S/C18H36N3O5P/c1-2-3-4-5-6-7-8-9-10-11-12-13-14-15-18(22)17(20-21-19)16-26-27(23,24)25/h14-15,17-18,22H,2-13,16H2,1H3,(H2,23,24,25)/b15-14+/t17?,18-/m0/s1. The van der Waals surface area contributed by atoms with Crippen molar-refractivity contribution < 1.29 is 24.0 Å². The van der Waals surface area contributed by atoms with E-state index in [0.29, 0.717) is 0 Å². The summed E-state index contributed by atoms with van der Waals surface area (Å²) in [6.45, 7) is 1.69. The fraction of sp³-hybridized carbons (Fsp3) is 0.889. The van der Waals surface area contributed by atoms with Crippen LogP contribution in [0.5, 0.6) is 0 Å².